The van der Waals surface area contributed by atoms with Gasteiger partial charge in [-0.3, -0.25) is 9.89 Å². The molecule has 0 radical (unpaired) electrons. The standard InChI is InChI=1S/C18H24N4O2/c1-12-7-13(2)9-15(8-12)24-6-4-17(23)21-16-11-20-22-18(16)14-3-5-19-10-14/h7-9,11,14,19H,3-6,10H2,1-2H3,(H,20,22)(H,21,23). The van der Waals surface area contributed by atoms with Gasteiger partial charge >= 0.3 is 0 Å². The number of H-pyrrole nitrogens is 1. The Balaban J connectivity index is 1.50. The maximum Gasteiger partial charge on any atom is 0.227 e. The van der Waals surface area contributed by atoms with Crippen LogP contribution >= 0.6 is 0 Å². The fourth-order valence-electron chi connectivity index (χ4n) is 3.10. The molecule has 1 saturated heterocycles. The van der Waals surface area contributed by atoms with Gasteiger partial charge in [-0.15, -0.1) is 0 Å². The normalized spacial score (nSPS) is 17.0. The summed E-state index contributed by atoms with van der Waals surface area (Å²) in [7, 11) is 0. The first-order valence-corrected chi connectivity index (χ1v) is 8.37. The number of carbonyl (C=O) groups excluding carboxylic acids is 1. The minimum absolute atomic E-state index is 0.0621. The number of aryl methyl sites for hydroxylation is 2. The van der Waals surface area contributed by atoms with Crippen molar-refractivity contribution in [3.05, 3.63) is 41.2 Å². The Morgan fingerprint density at radius 2 is 2.12 bits per heavy atom. The SMILES string of the molecule is Cc1cc(C)cc(OCCC(=O)Nc2cn[nH]c2C2CCNC2)c1. The largest absolute Gasteiger partial charge is 0.493 e. The van der Waals surface area contributed by atoms with Crippen LogP contribution in [0.5, 0.6) is 5.75 Å². The number of nitrogens with zero attached hydrogens (tertiary/aromatic N) is 1. The summed E-state index contributed by atoms with van der Waals surface area (Å²) in [6, 6.07) is 6.05. The molecule has 1 unspecified atom stereocenters. The van der Waals surface area contributed by atoms with Gasteiger partial charge in [0, 0.05) is 12.5 Å². The molecule has 1 aliphatic rings. The van der Waals surface area contributed by atoms with Crippen LogP contribution in [0, 0.1) is 13.8 Å². The summed E-state index contributed by atoms with van der Waals surface area (Å²) >= 11 is 0. The number of ether oxygens (including phenoxy) is 1. The zero-order valence-electron chi connectivity index (χ0n) is 14.2. The van der Waals surface area contributed by atoms with Crippen molar-refractivity contribution in [2.45, 2.75) is 32.6 Å². The highest BCUT2D eigenvalue weighted by Gasteiger charge is 2.22. The molecule has 128 valence electrons. The van der Waals surface area contributed by atoms with E-state index in [1.165, 1.54) is 0 Å². The van der Waals surface area contributed by atoms with Gasteiger partial charge in [0.2, 0.25) is 5.91 Å². The molecule has 6 nitrogen and oxygen atoms in total. The lowest BCUT2D eigenvalue weighted by Gasteiger charge is -2.11. The van der Waals surface area contributed by atoms with Crippen molar-refractivity contribution < 1.29 is 9.53 Å². The zero-order chi connectivity index (χ0) is 16.9. The van der Waals surface area contributed by atoms with E-state index < -0.39 is 0 Å². The van der Waals surface area contributed by atoms with Crippen LogP contribution in [-0.2, 0) is 4.79 Å². The molecular formula is C18H24N4O2. The molecule has 1 amide bonds. The summed E-state index contributed by atoms with van der Waals surface area (Å²) in [5, 5.41) is 13.3. The van der Waals surface area contributed by atoms with E-state index >= 15 is 0 Å². The van der Waals surface area contributed by atoms with Gasteiger partial charge in [0.15, 0.2) is 0 Å². The topological polar surface area (TPSA) is 79.0 Å². The van der Waals surface area contributed by atoms with E-state index in [0.29, 0.717) is 18.9 Å². The Morgan fingerprint density at radius 3 is 2.83 bits per heavy atom. The summed E-state index contributed by atoms with van der Waals surface area (Å²) in [4.78, 5) is 12.2. The molecule has 1 aliphatic heterocycles. The maximum atomic E-state index is 12.2. The van der Waals surface area contributed by atoms with Gasteiger partial charge in [-0.2, -0.15) is 5.10 Å². The second-order valence-corrected chi connectivity index (χ2v) is 6.36. The first kappa shape index (κ1) is 16.5. The number of amides is 1. The zero-order valence-corrected chi connectivity index (χ0v) is 14.2. The van der Waals surface area contributed by atoms with Crippen molar-refractivity contribution in [3.8, 4) is 5.75 Å². The van der Waals surface area contributed by atoms with Crippen LogP contribution in [0.4, 0.5) is 5.69 Å². The fraction of sp³-hybridized carbons (Fsp3) is 0.444. The summed E-state index contributed by atoms with van der Waals surface area (Å²) in [5.74, 6) is 1.13. The molecule has 3 N–H and O–H groups in total. The first-order chi connectivity index (χ1) is 11.6. The maximum absolute atomic E-state index is 12.2. The molecule has 24 heavy (non-hydrogen) atoms. The fourth-order valence-corrected chi connectivity index (χ4v) is 3.10. The highest BCUT2D eigenvalue weighted by Crippen LogP contribution is 2.26. The van der Waals surface area contributed by atoms with Crippen LogP contribution in [0.3, 0.4) is 0 Å². The molecule has 2 aromatic rings. The molecule has 3 rings (SSSR count). The van der Waals surface area contributed by atoms with Crippen molar-refractivity contribution >= 4 is 11.6 Å². The molecule has 0 aliphatic carbocycles. The van der Waals surface area contributed by atoms with E-state index in [2.05, 4.69) is 26.9 Å². The van der Waals surface area contributed by atoms with E-state index in [1.54, 1.807) is 6.20 Å². The molecule has 1 aromatic carbocycles. The third kappa shape index (κ3) is 4.14. The van der Waals surface area contributed by atoms with Gasteiger partial charge in [-0.1, -0.05) is 6.07 Å². The Morgan fingerprint density at radius 1 is 1.33 bits per heavy atom. The van der Waals surface area contributed by atoms with E-state index in [0.717, 1.165) is 47.8 Å². The van der Waals surface area contributed by atoms with E-state index in [4.69, 9.17) is 4.74 Å². The van der Waals surface area contributed by atoms with Crippen molar-refractivity contribution in [1.29, 1.82) is 0 Å². The van der Waals surface area contributed by atoms with Crippen LogP contribution in [0.25, 0.3) is 0 Å². The predicted octanol–water partition coefficient (Wildman–Crippen LogP) is 2.51. The van der Waals surface area contributed by atoms with Crippen LogP contribution in [0.1, 0.15) is 35.6 Å². The first-order valence-electron chi connectivity index (χ1n) is 8.37. The van der Waals surface area contributed by atoms with Gasteiger partial charge in [-0.05, 0) is 50.1 Å². The number of benzene rings is 1. The number of hydrogen-bond acceptors (Lipinski definition) is 4. The summed E-state index contributed by atoms with van der Waals surface area (Å²) < 4.78 is 5.69. The van der Waals surface area contributed by atoms with Crippen LogP contribution < -0.4 is 15.4 Å². The molecule has 2 heterocycles. The number of nitrogens with one attached hydrogen (secondary N) is 3. The van der Waals surface area contributed by atoms with Crippen molar-refractivity contribution in [1.82, 2.24) is 15.5 Å². The number of aromatic nitrogens is 2. The van der Waals surface area contributed by atoms with Crippen molar-refractivity contribution in [2.24, 2.45) is 0 Å². The average molecular weight is 328 g/mol. The van der Waals surface area contributed by atoms with Gasteiger partial charge in [-0.25, -0.2) is 0 Å². The van der Waals surface area contributed by atoms with Crippen molar-refractivity contribution in [2.75, 3.05) is 25.0 Å². The summed E-state index contributed by atoms with van der Waals surface area (Å²) in [5.41, 5.74) is 4.09. The second-order valence-electron chi connectivity index (χ2n) is 6.36. The smallest absolute Gasteiger partial charge is 0.227 e. The second kappa shape index (κ2) is 7.49. The monoisotopic (exact) mass is 328 g/mol. The third-order valence-electron chi connectivity index (χ3n) is 4.20. The van der Waals surface area contributed by atoms with Crippen LogP contribution in [0.2, 0.25) is 0 Å². The molecule has 0 spiro atoms. The third-order valence-corrected chi connectivity index (χ3v) is 4.20. The minimum atomic E-state index is -0.0621. The number of anilines is 1. The lowest BCUT2D eigenvalue weighted by molar-refractivity contribution is -0.116. The molecule has 6 heteroatoms. The highest BCUT2D eigenvalue weighted by atomic mass is 16.5. The van der Waals surface area contributed by atoms with Gasteiger partial charge in [0.05, 0.1) is 30.6 Å². The van der Waals surface area contributed by atoms with Crippen LogP contribution in [-0.4, -0.2) is 35.8 Å². The quantitative estimate of drug-likeness (QED) is 0.761. The van der Waals surface area contributed by atoms with E-state index in [1.807, 2.05) is 26.0 Å². The molecule has 0 bridgehead atoms. The van der Waals surface area contributed by atoms with E-state index in [9.17, 15) is 4.79 Å². The predicted molar refractivity (Wildman–Crippen MR) is 93.5 cm³/mol. The number of carbonyl (C=O) groups is 1. The number of rotatable bonds is 6. The van der Waals surface area contributed by atoms with Crippen LogP contribution in [0.15, 0.2) is 24.4 Å². The Labute approximate surface area is 142 Å². The summed E-state index contributed by atoms with van der Waals surface area (Å²) in [6.07, 6.45) is 3.04. The van der Waals surface area contributed by atoms with E-state index in [-0.39, 0.29) is 5.91 Å². The molecule has 1 atom stereocenters. The summed E-state index contributed by atoms with van der Waals surface area (Å²) in [6.45, 7) is 6.34. The Bertz CT molecular complexity index is 685. The molecule has 0 saturated carbocycles. The van der Waals surface area contributed by atoms with Gasteiger partial charge < -0.3 is 15.4 Å². The number of aromatic amines is 1. The Hall–Kier alpha value is -2.34. The Kier molecular flexibility index (Phi) is 5.15. The minimum Gasteiger partial charge on any atom is -0.493 e. The highest BCUT2D eigenvalue weighted by molar-refractivity contribution is 5.91. The molecule has 1 aromatic heterocycles. The molecular weight excluding hydrogens is 304 g/mol. The average Bonchev–Trinajstić information content (AvgIpc) is 3.16. The molecule has 1 fully saturated rings. The van der Waals surface area contributed by atoms with Gasteiger partial charge in [0.25, 0.3) is 0 Å². The lowest BCUT2D eigenvalue weighted by Crippen LogP contribution is -2.17. The van der Waals surface area contributed by atoms with Crippen molar-refractivity contribution in [3.63, 3.8) is 0 Å². The number of hydrogen-bond donors (Lipinski definition) is 3. The lowest BCUT2D eigenvalue weighted by atomic mass is 10.0. The van der Waals surface area contributed by atoms with Gasteiger partial charge in [0.1, 0.15) is 5.75 Å².